The fraction of sp³-hybridized carbons (Fsp3) is 0.455. The lowest BCUT2D eigenvalue weighted by Crippen LogP contribution is -2.44. The number of nitrogens with one attached hydrogen (secondary N) is 2. The van der Waals surface area contributed by atoms with Crippen LogP contribution in [-0.2, 0) is 19.4 Å². The van der Waals surface area contributed by atoms with Gasteiger partial charge in [0.1, 0.15) is 5.03 Å². The van der Waals surface area contributed by atoms with Crippen LogP contribution in [0.3, 0.4) is 0 Å². The van der Waals surface area contributed by atoms with Crippen molar-refractivity contribution in [1.29, 1.82) is 0 Å². The molecule has 9 nitrogen and oxygen atoms in total. The van der Waals surface area contributed by atoms with Gasteiger partial charge in [0, 0.05) is 31.1 Å². The summed E-state index contributed by atoms with van der Waals surface area (Å²) in [5.41, 5.74) is 0.528. The van der Waals surface area contributed by atoms with Crippen LogP contribution in [0.1, 0.15) is 25.7 Å². The quantitative estimate of drug-likeness (QED) is 0.541. The first-order valence-corrected chi connectivity index (χ1v) is 13.8. The maximum Gasteiger partial charge on any atom is 0.234 e. The molecule has 2 N–H and O–H groups in total. The Labute approximate surface area is 197 Å². The first-order chi connectivity index (χ1) is 15.8. The van der Waals surface area contributed by atoms with Gasteiger partial charge in [0.05, 0.1) is 16.6 Å². The molecule has 2 amide bonds. The molecular formula is C22H27N5O4S2. The van der Waals surface area contributed by atoms with Crippen LogP contribution in [0.5, 0.6) is 0 Å². The predicted octanol–water partition coefficient (Wildman–Crippen LogP) is 2.11. The minimum absolute atomic E-state index is 0.0228. The van der Waals surface area contributed by atoms with Gasteiger partial charge in [-0.2, -0.15) is 0 Å². The van der Waals surface area contributed by atoms with E-state index in [1.807, 2.05) is 12.1 Å². The van der Waals surface area contributed by atoms with Crippen molar-refractivity contribution < 1.29 is 18.0 Å². The zero-order valence-electron chi connectivity index (χ0n) is 18.4. The smallest absolute Gasteiger partial charge is 0.234 e. The normalized spacial score (nSPS) is 18.6. The Morgan fingerprint density at radius 1 is 1.09 bits per heavy atom. The van der Waals surface area contributed by atoms with Crippen LogP contribution in [0.2, 0.25) is 0 Å². The van der Waals surface area contributed by atoms with Crippen molar-refractivity contribution in [3.05, 3.63) is 36.4 Å². The third-order valence-electron chi connectivity index (χ3n) is 5.58. The van der Waals surface area contributed by atoms with Gasteiger partial charge in [-0.25, -0.2) is 8.42 Å². The highest BCUT2D eigenvalue weighted by Gasteiger charge is 2.31. The van der Waals surface area contributed by atoms with Crippen LogP contribution in [0.25, 0.3) is 0 Å². The number of benzene rings is 1. The number of nitrogens with zero attached hydrogens (tertiary/aromatic N) is 3. The summed E-state index contributed by atoms with van der Waals surface area (Å²) in [5, 5.41) is 15.0. The second-order valence-corrected chi connectivity index (χ2v) is 11.4. The molecule has 2 aromatic rings. The van der Waals surface area contributed by atoms with Gasteiger partial charge in [-0.3, -0.25) is 9.59 Å². The van der Waals surface area contributed by atoms with Gasteiger partial charge in [0.25, 0.3) is 0 Å². The van der Waals surface area contributed by atoms with Gasteiger partial charge >= 0.3 is 0 Å². The van der Waals surface area contributed by atoms with Crippen molar-refractivity contribution in [2.45, 2.75) is 41.6 Å². The Morgan fingerprint density at radius 3 is 2.48 bits per heavy atom. The lowest BCUT2D eigenvalue weighted by molar-refractivity contribution is -0.125. The molecule has 11 heteroatoms. The Bertz CT molecular complexity index is 1100. The molecule has 0 spiro atoms. The van der Waals surface area contributed by atoms with Crippen LogP contribution in [0, 0.1) is 5.92 Å². The summed E-state index contributed by atoms with van der Waals surface area (Å²) in [6.45, 7) is 1.48. The molecule has 0 bridgehead atoms. The molecule has 2 fully saturated rings. The number of carbonyl (C=O) groups is 2. The molecule has 2 aliphatic rings. The molecule has 0 unspecified atom stereocenters. The SMILES string of the molecule is CS(=O)(=O)c1ccc(NC(=O)CSc2ccc(N3CCC[C@@H](C(=O)NC4CC4)C3)nn2)cc1. The fourth-order valence-electron chi connectivity index (χ4n) is 3.63. The van der Waals surface area contributed by atoms with Crippen molar-refractivity contribution in [3.63, 3.8) is 0 Å². The number of sulfone groups is 1. The fourth-order valence-corrected chi connectivity index (χ4v) is 4.87. The number of hydrogen-bond donors (Lipinski definition) is 2. The molecule has 1 aliphatic heterocycles. The summed E-state index contributed by atoms with van der Waals surface area (Å²) < 4.78 is 23.0. The molecule has 1 aromatic heterocycles. The maximum atomic E-state index is 12.4. The number of anilines is 2. The summed E-state index contributed by atoms with van der Waals surface area (Å²) in [6, 6.07) is 10.1. The number of carbonyl (C=O) groups excluding carboxylic acids is 2. The molecule has 1 saturated carbocycles. The average Bonchev–Trinajstić information content (AvgIpc) is 3.62. The van der Waals surface area contributed by atoms with Gasteiger partial charge in [-0.05, 0) is 62.1 Å². The zero-order chi connectivity index (χ0) is 23.4. The Hall–Kier alpha value is -2.66. The average molecular weight is 490 g/mol. The molecule has 1 aliphatic carbocycles. The summed E-state index contributed by atoms with van der Waals surface area (Å²) in [6.07, 6.45) is 5.13. The molecule has 0 radical (unpaired) electrons. The van der Waals surface area contributed by atoms with Gasteiger partial charge in [0.2, 0.25) is 11.8 Å². The van der Waals surface area contributed by atoms with E-state index in [9.17, 15) is 18.0 Å². The van der Waals surface area contributed by atoms with Crippen LogP contribution in [0.4, 0.5) is 11.5 Å². The van der Waals surface area contributed by atoms with Crippen molar-refractivity contribution >= 4 is 44.9 Å². The van der Waals surface area contributed by atoms with Gasteiger partial charge < -0.3 is 15.5 Å². The van der Waals surface area contributed by atoms with Gasteiger partial charge in [-0.15, -0.1) is 10.2 Å². The van der Waals surface area contributed by atoms with E-state index < -0.39 is 9.84 Å². The lowest BCUT2D eigenvalue weighted by atomic mass is 9.97. The van der Waals surface area contributed by atoms with E-state index in [1.165, 1.54) is 23.9 Å². The van der Waals surface area contributed by atoms with E-state index >= 15 is 0 Å². The van der Waals surface area contributed by atoms with E-state index in [0.717, 1.165) is 44.3 Å². The lowest BCUT2D eigenvalue weighted by Gasteiger charge is -2.32. The van der Waals surface area contributed by atoms with E-state index in [0.29, 0.717) is 23.3 Å². The highest BCUT2D eigenvalue weighted by molar-refractivity contribution is 7.99. The zero-order valence-corrected chi connectivity index (χ0v) is 20.0. The van der Waals surface area contributed by atoms with Crippen LogP contribution in [0.15, 0.2) is 46.3 Å². The van der Waals surface area contributed by atoms with Crippen molar-refractivity contribution in [2.75, 3.05) is 35.3 Å². The number of hydrogen-bond acceptors (Lipinski definition) is 8. The summed E-state index contributed by atoms with van der Waals surface area (Å²) in [5.74, 6) is 0.775. The molecule has 1 aromatic carbocycles. The highest BCUT2D eigenvalue weighted by Crippen LogP contribution is 2.25. The Kier molecular flexibility index (Phi) is 7.18. The topological polar surface area (TPSA) is 121 Å². The van der Waals surface area contributed by atoms with Gasteiger partial charge in [-0.1, -0.05) is 11.8 Å². The van der Waals surface area contributed by atoms with E-state index in [4.69, 9.17) is 0 Å². The summed E-state index contributed by atoms with van der Waals surface area (Å²) in [4.78, 5) is 26.9. The summed E-state index contributed by atoms with van der Waals surface area (Å²) >= 11 is 1.27. The third kappa shape index (κ3) is 6.67. The third-order valence-corrected chi connectivity index (χ3v) is 7.63. The Balaban J connectivity index is 1.26. The first kappa shape index (κ1) is 23.5. The molecule has 1 saturated heterocycles. The second-order valence-electron chi connectivity index (χ2n) is 8.43. The van der Waals surface area contributed by atoms with Gasteiger partial charge in [0.15, 0.2) is 15.7 Å². The van der Waals surface area contributed by atoms with E-state index in [1.54, 1.807) is 12.1 Å². The van der Waals surface area contributed by atoms with Crippen LogP contribution < -0.4 is 15.5 Å². The molecule has 2 heterocycles. The molecule has 33 heavy (non-hydrogen) atoms. The largest absolute Gasteiger partial charge is 0.354 e. The number of piperidine rings is 1. The molecule has 1 atom stereocenters. The molecule has 4 rings (SSSR count). The number of aromatic nitrogens is 2. The highest BCUT2D eigenvalue weighted by atomic mass is 32.2. The Morgan fingerprint density at radius 2 is 1.85 bits per heavy atom. The molecular weight excluding hydrogens is 462 g/mol. The number of amides is 2. The summed E-state index contributed by atoms with van der Waals surface area (Å²) in [7, 11) is -3.27. The van der Waals surface area contributed by atoms with Crippen molar-refractivity contribution in [3.8, 4) is 0 Å². The minimum atomic E-state index is -3.27. The predicted molar refractivity (Wildman–Crippen MR) is 127 cm³/mol. The van der Waals surface area contributed by atoms with Crippen LogP contribution >= 0.6 is 11.8 Å². The van der Waals surface area contributed by atoms with Crippen LogP contribution in [-0.4, -0.2) is 61.6 Å². The monoisotopic (exact) mass is 489 g/mol. The second kappa shape index (κ2) is 10.1. The van der Waals surface area contributed by atoms with E-state index in [2.05, 4.69) is 25.7 Å². The standard InChI is InChI=1S/C22H27N5O4S2/c1-33(30,31)18-8-6-16(7-9-18)23-20(28)14-32-21-11-10-19(25-26-21)27-12-2-3-15(13-27)22(29)24-17-4-5-17/h6-11,15,17H,2-5,12-14H2,1H3,(H,23,28)(H,24,29)/t15-/m1/s1. The number of thioether (sulfide) groups is 1. The minimum Gasteiger partial charge on any atom is -0.354 e. The van der Waals surface area contributed by atoms with E-state index in [-0.39, 0.29) is 28.4 Å². The molecule has 176 valence electrons. The maximum absolute atomic E-state index is 12.4. The van der Waals surface area contributed by atoms with Crippen molar-refractivity contribution in [2.24, 2.45) is 5.92 Å². The van der Waals surface area contributed by atoms with Crippen molar-refractivity contribution in [1.82, 2.24) is 15.5 Å². The first-order valence-electron chi connectivity index (χ1n) is 10.9. The number of rotatable bonds is 8.